The van der Waals surface area contributed by atoms with Gasteiger partial charge in [0, 0.05) is 10.6 Å². The first-order valence-electron chi connectivity index (χ1n) is 5.42. The van der Waals surface area contributed by atoms with Gasteiger partial charge in [-0.1, -0.05) is 17.7 Å². The zero-order valence-corrected chi connectivity index (χ0v) is 12.0. The highest BCUT2D eigenvalue weighted by Gasteiger charge is 2.09. The lowest BCUT2D eigenvalue weighted by molar-refractivity contribution is 0.111. The Hall–Kier alpha value is -1.39. The van der Waals surface area contributed by atoms with E-state index in [0.29, 0.717) is 32.7 Å². The van der Waals surface area contributed by atoms with Crippen LogP contribution in [0.15, 0.2) is 40.9 Å². The van der Waals surface area contributed by atoms with E-state index in [9.17, 15) is 9.18 Å². The van der Waals surface area contributed by atoms with E-state index in [1.54, 1.807) is 18.2 Å². The van der Waals surface area contributed by atoms with Crippen LogP contribution in [0.2, 0.25) is 5.02 Å². The maximum atomic E-state index is 13.1. The van der Waals surface area contributed by atoms with Crippen molar-refractivity contribution in [1.29, 1.82) is 0 Å². The lowest BCUT2D eigenvalue weighted by atomic mass is 10.2. The molecule has 0 saturated carbocycles. The molecule has 0 bridgehead atoms. The maximum Gasteiger partial charge on any atom is 0.153 e. The summed E-state index contributed by atoms with van der Waals surface area (Å²) in [4.78, 5) is 10.9. The summed E-state index contributed by atoms with van der Waals surface area (Å²) in [6.07, 6.45) is 0.702. The standard InChI is InChI=1S/C14H9BrClFO2/c15-12-3-1-2-9(7-18)14(12)19-8-10-6-11(17)4-5-13(10)16/h1-7H,8H2. The zero-order valence-electron chi connectivity index (χ0n) is 9.70. The third-order valence-corrected chi connectivity index (χ3v) is 3.50. The van der Waals surface area contributed by atoms with Crippen LogP contribution in [0, 0.1) is 5.82 Å². The second kappa shape index (κ2) is 6.17. The molecule has 2 rings (SSSR count). The fraction of sp³-hybridized carbons (Fsp3) is 0.0714. The van der Waals surface area contributed by atoms with Crippen molar-refractivity contribution in [3.8, 4) is 5.75 Å². The fourth-order valence-corrected chi connectivity index (χ4v) is 2.24. The van der Waals surface area contributed by atoms with Gasteiger partial charge in [-0.15, -0.1) is 0 Å². The molecule has 0 amide bonds. The molecule has 0 aliphatic rings. The first kappa shape index (κ1) is 14.0. The van der Waals surface area contributed by atoms with Gasteiger partial charge in [0.1, 0.15) is 18.2 Å². The maximum absolute atomic E-state index is 13.1. The fourth-order valence-electron chi connectivity index (χ4n) is 1.57. The molecular weight excluding hydrogens is 335 g/mol. The lowest BCUT2D eigenvalue weighted by Crippen LogP contribution is -2.00. The minimum atomic E-state index is -0.384. The molecule has 0 heterocycles. The van der Waals surface area contributed by atoms with Gasteiger partial charge in [-0.3, -0.25) is 4.79 Å². The summed E-state index contributed by atoms with van der Waals surface area (Å²) in [6, 6.07) is 9.18. The Morgan fingerprint density at radius 2 is 2.11 bits per heavy atom. The quantitative estimate of drug-likeness (QED) is 0.756. The minimum Gasteiger partial charge on any atom is -0.487 e. The highest BCUT2D eigenvalue weighted by molar-refractivity contribution is 9.10. The smallest absolute Gasteiger partial charge is 0.153 e. The first-order chi connectivity index (χ1) is 9.11. The van der Waals surface area contributed by atoms with Crippen molar-refractivity contribution in [1.82, 2.24) is 0 Å². The van der Waals surface area contributed by atoms with Crippen LogP contribution >= 0.6 is 27.5 Å². The predicted octanol–water partition coefficient (Wildman–Crippen LogP) is 4.63. The van der Waals surface area contributed by atoms with Crippen LogP contribution in [0.3, 0.4) is 0 Å². The number of halogens is 3. The number of carbonyl (C=O) groups excluding carboxylic acids is 1. The van der Waals surface area contributed by atoms with Crippen LogP contribution in [0.5, 0.6) is 5.75 Å². The summed E-state index contributed by atoms with van der Waals surface area (Å²) in [5, 5.41) is 0.418. The zero-order chi connectivity index (χ0) is 13.8. The molecule has 0 spiro atoms. The molecule has 0 aromatic heterocycles. The van der Waals surface area contributed by atoms with Crippen LogP contribution in [-0.2, 0) is 6.61 Å². The van der Waals surface area contributed by atoms with E-state index in [0.717, 1.165) is 0 Å². The van der Waals surface area contributed by atoms with Gasteiger partial charge in [0.05, 0.1) is 10.0 Å². The van der Waals surface area contributed by atoms with E-state index in [1.807, 2.05) is 0 Å². The van der Waals surface area contributed by atoms with Crippen molar-refractivity contribution in [3.63, 3.8) is 0 Å². The number of carbonyl (C=O) groups is 1. The van der Waals surface area contributed by atoms with Gasteiger partial charge in [-0.2, -0.15) is 0 Å². The molecule has 2 aromatic rings. The average molecular weight is 344 g/mol. The number of rotatable bonds is 4. The van der Waals surface area contributed by atoms with Gasteiger partial charge < -0.3 is 4.74 Å². The molecule has 0 aliphatic heterocycles. The summed E-state index contributed by atoms with van der Waals surface area (Å²) in [5.74, 6) is 0.0311. The Balaban J connectivity index is 2.23. The SMILES string of the molecule is O=Cc1cccc(Br)c1OCc1cc(F)ccc1Cl. The van der Waals surface area contributed by atoms with Crippen LogP contribution < -0.4 is 4.74 Å². The van der Waals surface area contributed by atoms with Crippen LogP contribution in [0.25, 0.3) is 0 Å². The molecule has 0 radical (unpaired) electrons. The summed E-state index contributed by atoms with van der Waals surface area (Å²) >= 11 is 9.25. The van der Waals surface area contributed by atoms with E-state index in [4.69, 9.17) is 16.3 Å². The van der Waals surface area contributed by atoms with Crippen LogP contribution in [0.1, 0.15) is 15.9 Å². The van der Waals surface area contributed by atoms with Crippen molar-refractivity contribution in [2.24, 2.45) is 0 Å². The normalized spacial score (nSPS) is 10.3. The number of para-hydroxylation sites is 1. The number of hydrogen-bond acceptors (Lipinski definition) is 2. The second-order valence-electron chi connectivity index (χ2n) is 3.80. The highest BCUT2D eigenvalue weighted by atomic mass is 79.9. The van der Waals surface area contributed by atoms with E-state index in [-0.39, 0.29) is 12.4 Å². The summed E-state index contributed by atoms with van der Waals surface area (Å²) < 4.78 is 19.3. The molecule has 5 heteroatoms. The van der Waals surface area contributed by atoms with Crippen LogP contribution in [0.4, 0.5) is 4.39 Å². The van der Waals surface area contributed by atoms with Gasteiger partial charge in [-0.25, -0.2) is 4.39 Å². The Bertz CT molecular complexity index is 616. The molecule has 0 saturated heterocycles. The number of benzene rings is 2. The van der Waals surface area contributed by atoms with Gasteiger partial charge in [0.2, 0.25) is 0 Å². The predicted molar refractivity (Wildman–Crippen MR) is 75.3 cm³/mol. The molecule has 0 unspecified atom stereocenters. The van der Waals surface area contributed by atoms with Gasteiger partial charge in [0.25, 0.3) is 0 Å². The second-order valence-corrected chi connectivity index (χ2v) is 5.06. The van der Waals surface area contributed by atoms with E-state index in [1.165, 1.54) is 18.2 Å². The van der Waals surface area contributed by atoms with Crippen molar-refractivity contribution >= 4 is 33.8 Å². The number of aldehydes is 1. The molecule has 0 N–H and O–H groups in total. The van der Waals surface area contributed by atoms with E-state index < -0.39 is 0 Å². The number of ether oxygens (including phenoxy) is 1. The molecule has 2 nitrogen and oxygen atoms in total. The molecule has 0 fully saturated rings. The topological polar surface area (TPSA) is 26.3 Å². The molecule has 0 aliphatic carbocycles. The Morgan fingerprint density at radius 3 is 2.84 bits per heavy atom. The number of hydrogen-bond donors (Lipinski definition) is 0. The Kier molecular flexibility index (Phi) is 4.56. The Morgan fingerprint density at radius 1 is 1.32 bits per heavy atom. The van der Waals surface area contributed by atoms with E-state index in [2.05, 4.69) is 15.9 Å². The van der Waals surface area contributed by atoms with Crippen molar-refractivity contribution in [2.45, 2.75) is 6.61 Å². The molecular formula is C14H9BrClFO2. The molecule has 2 aromatic carbocycles. The van der Waals surface area contributed by atoms with Crippen LogP contribution in [-0.4, -0.2) is 6.29 Å². The van der Waals surface area contributed by atoms with E-state index >= 15 is 0 Å². The highest BCUT2D eigenvalue weighted by Crippen LogP contribution is 2.29. The van der Waals surface area contributed by atoms with Gasteiger partial charge in [-0.05, 0) is 46.3 Å². The largest absolute Gasteiger partial charge is 0.487 e. The third-order valence-electron chi connectivity index (χ3n) is 2.50. The Labute approximate surface area is 123 Å². The summed E-state index contributed by atoms with van der Waals surface area (Å²) in [6.45, 7) is 0.0834. The molecule has 0 atom stereocenters. The first-order valence-corrected chi connectivity index (χ1v) is 6.59. The molecule has 19 heavy (non-hydrogen) atoms. The monoisotopic (exact) mass is 342 g/mol. The van der Waals surface area contributed by atoms with Crippen molar-refractivity contribution in [2.75, 3.05) is 0 Å². The van der Waals surface area contributed by atoms with Crippen molar-refractivity contribution in [3.05, 3.63) is 62.8 Å². The summed E-state index contributed by atoms with van der Waals surface area (Å²) in [5.41, 5.74) is 0.941. The summed E-state index contributed by atoms with van der Waals surface area (Å²) in [7, 11) is 0. The van der Waals surface area contributed by atoms with Gasteiger partial charge >= 0.3 is 0 Å². The average Bonchev–Trinajstić information content (AvgIpc) is 2.40. The lowest BCUT2D eigenvalue weighted by Gasteiger charge is -2.11. The van der Waals surface area contributed by atoms with Crippen molar-refractivity contribution < 1.29 is 13.9 Å². The molecule has 98 valence electrons. The third kappa shape index (κ3) is 3.33. The minimum absolute atomic E-state index is 0.0834. The van der Waals surface area contributed by atoms with Gasteiger partial charge in [0.15, 0.2) is 6.29 Å².